The van der Waals surface area contributed by atoms with Crippen LogP contribution in [0.5, 0.6) is 0 Å². The number of hydrogen-bond acceptors (Lipinski definition) is 5. The maximum absolute atomic E-state index is 13.1. The summed E-state index contributed by atoms with van der Waals surface area (Å²) >= 11 is 0. The van der Waals surface area contributed by atoms with Crippen molar-refractivity contribution in [2.75, 3.05) is 18.4 Å². The van der Waals surface area contributed by atoms with E-state index in [4.69, 9.17) is 4.98 Å². The summed E-state index contributed by atoms with van der Waals surface area (Å²) in [5.74, 6) is 0.758. The van der Waals surface area contributed by atoms with Crippen molar-refractivity contribution in [3.8, 4) is 0 Å². The minimum Gasteiger partial charge on any atom is -0.352 e. The number of aromatic nitrogens is 4. The molecule has 0 atom stereocenters. The van der Waals surface area contributed by atoms with Crippen molar-refractivity contribution in [3.63, 3.8) is 0 Å². The molecule has 1 N–H and O–H groups in total. The third kappa shape index (κ3) is 3.80. The van der Waals surface area contributed by atoms with Crippen LogP contribution in [0.1, 0.15) is 66.7 Å². The molecule has 1 saturated heterocycles. The number of fused-ring (bicyclic) bond motifs is 2. The number of likely N-dealkylation sites (tertiary alicyclic amines) is 1. The lowest BCUT2D eigenvalue weighted by molar-refractivity contribution is 0.0726. The van der Waals surface area contributed by atoms with Crippen molar-refractivity contribution in [2.24, 2.45) is 0 Å². The predicted octanol–water partition coefficient (Wildman–Crippen LogP) is 3.95. The van der Waals surface area contributed by atoms with Crippen molar-refractivity contribution in [1.82, 2.24) is 24.5 Å². The van der Waals surface area contributed by atoms with Gasteiger partial charge in [-0.3, -0.25) is 4.79 Å². The molecule has 0 saturated carbocycles. The monoisotopic (exact) mass is 416 g/mol. The van der Waals surface area contributed by atoms with Crippen molar-refractivity contribution >= 4 is 22.9 Å². The molecule has 160 valence electrons. The zero-order chi connectivity index (χ0) is 21.4. The quantitative estimate of drug-likeness (QED) is 0.697. The number of carbonyl (C=O) groups is 1. The summed E-state index contributed by atoms with van der Waals surface area (Å²) in [5, 5.41) is 7.71. The van der Waals surface area contributed by atoms with E-state index in [1.807, 2.05) is 17.3 Å². The highest BCUT2D eigenvalue weighted by atomic mass is 16.2. The SMILES string of the molecule is CC(C)Nc1ncc2c(n1)CCC=C2c1ccn2ncc(C(=O)N3CCCCC3)c2c1. The molecular formula is C24H28N6O. The van der Waals surface area contributed by atoms with E-state index >= 15 is 0 Å². The largest absolute Gasteiger partial charge is 0.352 e. The number of amides is 1. The zero-order valence-electron chi connectivity index (χ0n) is 18.1. The van der Waals surface area contributed by atoms with E-state index in [-0.39, 0.29) is 11.9 Å². The molecule has 4 heterocycles. The number of carbonyl (C=O) groups excluding carboxylic acids is 1. The molecule has 0 bridgehead atoms. The fourth-order valence-corrected chi connectivity index (χ4v) is 4.48. The molecule has 5 rings (SSSR count). The minimum absolute atomic E-state index is 0.0811. The predicted molar refractivity (Wildman–Crippen MR) is 121 cm³/mol. The van der Waals surface area contributed by atoms with Crippen molar-refractivity contribution in [3.05, 3.63) is 59.2 Å². The van der Waals surface area contributed by atoms with Gasteiger partial charge >= 0.3 is 0 Å². The van der Waals surface area contributed by atoms with Crippen molar-refractivity contribution in [1.29, 1.82) is 0 Å². The third-order valence-electron chi connectivity index (χ3n) is 6.01. The van der Waals surface area contributed by atoms with Crippen LogP contribution in [0.2, 0.25) is 0 Å². The van der Waals surface area contributed by atoms with Crippen LogP contribution < -0.4 is 5.32 Å². The van der Waals surface area contributed by atoms with Crippen LogP contribution in [-0.4, -0.2) is 49.5 Å². The van der Waals surface area contributed by atoms with Crippen LogP contribution >= 0.6 is 0 Å². The second-order valence-electron chi connectivity index (χ2n) is 8.67. The molecule has 3 aromatic heterocycles. The Morgan fingerprint density at radius 1 is 1.16 bits per heavy atom. The van der Waals surface area contributed by atoms with Gasteiger partial charge in [-0.2, -0.15) is 5.10 Å². The van der Waals surface area contributed by atoms with Crippen LogP contribution in [0.15, 0.2) is 36.8 Å². The Bertz CT molecular complexity index is 1160. The number of aryl methyl sites for hydroxylation is 1. The molecule has 0 unspecified atom stereocenters. The van der Waals surface area contributed by atoms with Crippen LogP contribution in [-0.2, 0) is 6.42 Å². The average molecular weight is 417 g/mol. The maximum Gasteiger partial charge on any atom is 0.257 e. The number of piperidine rings is 1. The van der Waals surface area contributed by atoms with Gasteiger partial charge in [0.15, 0.2) is 0 Å². The molecule has 1 aliphatic heterocycles. The summed E-state index contributed by atoms with van der Waals surface area (Å²) < 4.78 is 1.79. The van der Waals surface area contributed by atoms with Crippen LogP contribution in [0.3, 0.4) is 0 Å². The molecule has 1 aliphatic carbocycles. The van der Waals surface area contributed by atoms with Gasteiger partial charge in [0.2, 0.25) is 5.95 Å². The average Bonchev–Trinajstić information content (AvgIpc) is 3.21. The number of allylic oxidation sites excluding steroid dienone is 1. The second-order valence-corrected chi connectivity index (χ2v) is 8.67. The first kappa shape index (κ1) is 19.7. The van der Waals surface area contributed by atoms with Gasteiger partial charge in [0, 0.05) is 37.1 Å². The summed E-state index contributed by atoms with van der Waals surface area (Å²) in [7, 11) is 0. The number of rotatable bonds is 4. The normalized spacial score (nSPS) is 16.4. The van der Waals surface area contributed by atoms with Gasteiger partial charge in [-0.15, -0.1) is 0 Å². The number of hydrogen-bond donors (Lipinski definition) is 1. The fraction of sp³-hybridized carbons (Fsp3) is 0.417. The topological polar surface area (TPSA) is 75.4 Å². The van der Waals surface area contributed by atoms with E-state index in [1.165, 1.54) is 6.42 Å². The highest BCUT2D eigenvalue weighted by Crippen LogP contribution is 2.32. The summed E-state index contributed by atoms with van der Waals surface area (Å²) in [6.45, 7) is 5.83. The Morgan fingerprint density at radius 3 is 2.81 bits per heavy atom. The van der Waals surface area contributed by atoms with Crippen LogP contribution in [0, 0.1) is 0 Å². The fourth-order valence-electron chi connectivity index (χ4n) is 4.48. The van der Waals surface area contributed by atoms with Gasteiger partial charge in [-0.1, -0.05) is 6.08 Å². The lowest BCUT2D eigenvalue weighted by Gasteiger charge is -2.26. The lowest BCUT2D eigenvalue weighted by atomic mass is 9.91. The first-order valence-corrected chi connectivity index (χ1v) is 11.2. The Hall–Kier alpha value is -3.22. The van der Waals surface area contributed by atoms with E-state index in [1.54, 1.807) is 10.7 Å². The van der Waals surface area contributed by atoms with Crippen molar-refractivity contribution in [2.45, 2.75) is 52.0 Å². The number of nitrogens with one attached hydrogen (secondary N) is 1. The Balaban J connectivity index is 1.50. The zero-order valence-corrected chi connectivity index (χ0v) is 18.1. The minimum atomic E-state index is 0.0811. The molecule has 0 aromatic carbocycles. The molecule has 31 heavy (non-hydrogen) atoms. The summed E-state index contributed by atoms with van der Waals surface area (Å²) in [4.78, 5) is 24.3. The first-order chi connectivity index (χ1) is 15.1. The number of nitrogens with zero attached hydrogens (tertiary/aromatic N) is 5. The molecule has 1 fully saturated rings. The maximum atomic E-state index is 13.1. The summed E-state index contributed by atoms with van der Waals surface area (Å²) in [6, 6.07) is 4.42. The molecule has 0 radical (unpaired) electrons. The molecule has 1 amide bonds. The Kier molecular flexibility index (Phi) is 5.18. The summed E-state index contributed by atoms with van der Waals surface area (Å²) in [6.07, 6.45) is 13.0. The molecular weight excluding hydrogens is 388 g/mol. The second kappa shape index (κ2) is 8.13. The Labute approximate surface area is 182 Å². The number of anilines is 1. The molecule has 0 spiro atoms. The van der Waals surface area contributed by atoms with Gasteiger partial charge in [0.05, 0.1) is 23.0 Å². The molecule has 2 aliphatic rings. The van der Waals surface area contributed by atoms with Gasteiger partial charge in [0.25, 0.3) is 5.91 Å². The molecule has 3 aromatic rings. The molecule has 7 heteroatoms. The van der Waals surface area contributed by atoms with E-state index in [0.717, 1.165) is 66.7 Å². The smallest absolute Gasteiger partial charge is 0.257 e. The lowest BCUT2D eigenvalue weighted by Crippen LogP contribution is -2.35. The van der Waals surface area contributed by atoms with E-state index in [9.17, 15) is 4.79 Å². The van der Waals surface area contributed by atoms with E-state index in [2.05, 4.69) is 47.5 Å². The summed E-state index contributed by atoms with van der Waals surface area (Å²) in [5.41, 5.74) is 5.84. The van der Waals surface area contributed by atoms with Gasteiger partial charge in [-0.05, 0) is 69.2 Å². The van der Waals surface area contributed by atoms with Crippen molar-refractivity contribution < 1.29 is 4.79 Å². The third-order valence-corrected chi connectivity index (χ3v) is 6.01. The standard InChI is InChI=1S/C24H28N6O/c1-16(2)27-24-25-14-19-18(7-6-8-21(19)28-24)17-9-12-30-22(13-17)20(15-26-30)23(31)29-10-4-3-5-11-29/h7,9,12-16H,3-6,8,10-11H2,1-2H3,(H,25,27,28). The molecule has 7 nitrogen and oxygen atoms in total. The van der Waals surface area contributed by atoms with Gasteiger partial charge in [0.1, 0.15) is 0 Å². The van der Waals surface area contributed by atoms with E-state index in [0.29, 0.717) is 11.5 Å². The van der Waals surface area contributed by atoms with Crippen LogP contribution in [0.25, 0.3) is 11.1 Å². The highest BCUT2D eigenvalue weighted by Gasteiger charge is 2.23. The van der Waals surface area contributed by atoms with Gasteiger partial charge < -0.3 is 10.2 Å². The Morgan fingerprint density at radius 2 is 2.00 bits per heavy atom. The highest BCUT2D eigenvalue weighted by molar-refractivity contribution is 6.01. The van der Waals surface area contributed by atoms with Gasteiger partial charge in [-0.25, -0.2) is 14.5 Å². The van der Waals surface area contributed by atoms with Crippen LogP contribution in [0.4, 0.5) is 5.95 Å². The van der Waals surface area contributed by atoms with E-state index < -0.39 is 0 Å². The number of pyridine rings is 1. The first-order valence-electron chi connectivity index (χ1n) is 11.2.